The second kappa shape index (κ2) is 13.1. The van der Waals surface area contributed by atoms with E-state index in [9.17, 15) is 14.0 Å². The van der Waals surface area contributed by atoms with Crippen LogP contribution in [0.25, 0.3) is 22.8 Å². The maximum absolute atomic E-state index is 14.8. The van der Waals surface area contributed by atoms with Crippen molar-refractivity contribution in [3.63, 3.8) is 0 Å². The number of nitrogens with two attached hydrogens (primary N) is 1. The quantitative estimate of drug-likeness (QED) is 0.236. The van der Waals surface area contributed by atoms with Gasteiger partial charge in [0.1, 0.15) is 18.2 Å². The number of ether oxygens (including phenoxy) is 2. The predicted molar refractivity (Wildman–Crippen MR) is 144 cm³/mol. The van der Waals surface area contributed by atoms with Crippen LogP contribution in [0.4, 0.5) is 4.39 Å². The molecule has 0 aliphatic heterocycles. The SMILES string of the molecule is CCC(Oc1ccc(-c2noc(C(C)C)n2)cc1)c1nc(-c2ccc(C(=O)N[C@H](C)COC(=O)CN)c(F)c2)no1. The molecule has 216 valence electrons. The molecule has 12 nitrogen and oxygen atoms in total. The Morgan fingerprint density at radius 1 is 0.976 bits per heavy atom. The molecule has 4 rings (SSSR count). The fourth-order valence-corrected chi connectivity index (χ4v) is 3.68. The average Bonchev–Trinajstić information content (AvgIpc) is 3.66. The van der Waals surface area contributed by atoms with Crippen molar-refractivity contribution in [3.8, 4) is 28.5 Å². The van der Waals surface area contributed by atoms with Crippen LogP contribution in [0.1, 0.15) is 68.3 Å². The minimum absolute atomic E-state index is 0.0874. The predicted octanol–water partition coefficient (Wildman–Crippen LogP) is 4.20. The summed E-state index contributed by atoms with van der Waals surface area (Å²) in [5.41, 5.74) is 6.10. The number of halogens is 1. The fraction of sp³-hybridized carbons (Fsp3) is 0.357. The Bertz CT molecular complexity index is 1490. The Morgan fingerprint density at radius 2 is 1.61 bits per heavy atom. The Labute approximate surface area is 235 Å². The van der Waals surface area contributed by atoms with Crippen molar-refractivity contribution >= 4 is 11.9 Å². The Morgan fingerprint density at radius 3 is 2.22 bits per heavy atom. The smallest absolute Gasteiger partial charge is 0.319 e. The minimum Gasteiger partial charge on any atom is -0.481 e. The van der Waals surface area contributed by atoms with Gasteiger partial charge in [0, 0.05) is 17.0 Å². The molecule has 0 aliphatic rings. The maximum Gasteiger partial charge on any atom is 0.319 e. The largest absolute Gasteiger partial charge is 0.481 e. The maximum atomic E-state index is 14.8. The lowest BCUT2D eigenvalue weighted by Crippen LogP contribution is -2.37. The van der Waals surface area contributed by atoms with Crippen molar-refractivity contribution < 1.29 is 32.5 Å². The number of carbonyl (C=O) groups excluding carboxylic acids is 2. The number of nitrogens with one attached hydrogen (secondary N) is 1. The highest BCUT2D eigenvalue weighted by atomic mass is 19.1. The van der Waals surface area contributed by atoms with Gasteiger partial charge in [0.25, 0.3) is 11.8 Å². The zero-order valence-corrected chi connectivity index (χ0v) is 23.1. The number of rotatable bonds is 12. The molecule has 2 heterocycles. The summed E-state index contributed by atoms with van der Waals surface area (Å²) in [5.74, 6) is 0.0789. The van der Waals surface area contributed by atoms with Gasteiger partial charge >= 0.3 is 5.97 Å². The van der Waals surface area contributed by atoms with Crippen molar-refractivity contribution in [2.45, 2.75) is 52.2 Å². The van der Waals surface area contributed by atoms with Crippen LogP contribution in [0, 0.1) is 5.82 Å². The minimum atomic E-state index is -0.775. The van der Waals surface area contributed by atoms with E-state index in [1.54, 1.807) is 19.1 Å². The molecule has 1 unspecified atom stereocenters. The van der Waals surface area contributed by atoms with E-state index in [1.807, 2.05) is 32.9 Å². The van der Waals surface area contributed by atoms with Crippen molar-refractivity contribution in [2.75, 3.05) is 13.2 Å². The standard InChI is InChI=1S/C28H31FN6O6/c1-5-22(39-19-9-6-17(7-10-19)24-32-27(15(2)3)40-34-24)28-33-25(35-41-28)18-8-11-20(21(29)12-18)26(37)31-16(4)14-38-23(36)13-30/h6-12,15-16,22H,5,13-14,30H2,1-4H3,(H,31,37)/t16-,22?/m1/s1. The third-order valence-corrected chi connectivity index (χ3v) is 5.92. The van der Waals surface area contributed by atoms with E-state index in [-0.39, 0.29) is 36.3 Å². The van der Waals surface area contributed by atoms with Gasteiger partial charge in [-0.3, -0.25) is 9.59 Å². The first-order valence-corrected chi connectivity index (χ1v) is 13.1. The topological polar surface area (TPSA) is 168 Å². The first-order valence-electron chi connectivity index (χ1n) is 13.1. The summed E-state index contributed by atoms with van der Waals surface area (Å²) < 4.78 is 36.5. The molecule has 2 aromatic heterocycles. The van der Waals surface area contributed by atoms with Crippen LogP contribution in [-0.4, -0.2) is 51.4 Å². The van der Waals surface area contributed by atoms with E-state index in [0.29, 0.717) is 29.4 Å². The number of carbonyl (C=O) groups is 2. The van der Waals surface area contributed by atoms with E-state index in [1.165, 1.54) is 12.1 Å². The van der Waals surface area contributed by atoms with Gasteiger partial charge in [0.2, 0.25) is 17.5 Å². The second-order valence-corrected chi connectivity index (χ2v) is 9.56. The summed E-state index contributed by atoms with van der Waals surface area (Å²) in [6, 6.07) is 10.6. The lowest BCUT2D eigenvalue weighted by Gasteiger charge is -2.14. The Kier molecular flexibility index (Phi) is 9.40. The summed E-state index contributed by atoms with van der Waals surface area (Å²) in [6.45, 7) is 7.11. The number of benzene rings is 2. The molecule has 0 fully saturated rings. The summed E-state index contributed by atoms with van der Waals surface area (Å²) in [5, 5.41) is 10.5. The monoisotopic (exact) mass is 566 g/mol. The molecule has 0 bridgehead atoms. The van der Waals surface area contributed by atoms with E-state index in [4.69, 9.17) is 24.3 Å². The van der Waals surface area contributed by atoms with E-state index >= 15 is 0 Å². The van der Waals surface area contributed by atoms with Gasteiger partial charge in [0.15, 0.2) is 6.10 Å². The van der Waals surface area contributed by atoms with Crippen LogP contribution in [0.5, 0.6) is 5.75 Å². The number of hydrogen-bond donors (Lipinski definition) is 2. The summed E-state index contributed by atoms with van der Waals surface area (Å²) in [6.07, 6.45) is -0.0253. The zero-order chi connectivity index (χ0) is 29.5. The molecule has 2 atom stereocenters. The average molecular weight is 567 g/mol. The third kappa shape index (κ3) is 7.31. The molecule has 0 spiro atoms. The lowest BCUT2D eigenvalue weighted by atomic mass is 10.1. The van der Waals surface area contributed by atoms with Crippen molar-refractivity contribution in [3.05, 3.63) is 65.6 Å². The number of esters is 1. The van der Waals surface area contributed by atoms with Gasteiger partial charge < -0.3 is 29.6 Å². The highest BCUT2D eigenvalue weighted by Crippen LogP contribution is 2.28. The molecule has 0 aliphatic carbocycles. The van der Waals surface area contributed by atoms with Crippen LogP contribution in [0.15, 0.2) is 51.5 Å². The molecule has 0 saturated carbocycles. The highest BCUT2D eigenvalue weighted by molar-refractivity contribution is 5.95. The molecule has 4 aromatic rings. The van der Waals surface area contributed by atoms with Crippen molar-refractivity contribution in [1.29, 1.82) is 0 Å². The molecule has 13 heteroatoms. The normalized spacial score (nSPS) is 12.7. The van der Waals surface area contributed by atoms with Gasteiger partial charge in [-0.2, -0.15) is 9.97 Å². The van der Waals surface area contributed by atoms with Crippen LogP contribution < -0.4 is 15.8 Å². The summed E-state index contributed by atoms with van der Waals surface area (Å²) in [7, 11) is 0. The molecule has 2 aromatic carbocycles. The summed E-state index contributed by atoms with van der Waals surface area (Å²) in [4.78, 5) is 32.4. The van der Waals surface area contributed by atoms with Crippen molar-refractivity contribution in [2.24, 2.45) is 5.73 Å². The van der Waals surface area contributed by atoms with Gasteiger partial charge in [-0.05, 0) is 49.7 Å². The van der Waals surface area contributed by atoms with Gasteiger partial charge in [-0.15, -0.1) is 0 Å². The first-order chi connectivity index (χ1) is 19.7. The van der Waals surface area contributed by atoms with E-state index in [2.05, 4.69) is 25.6 Å². The van der Waals surface area contributed by atoms with Crippen molar-refractivity contribution in [1.82, 2.24) is 25.6 Å². The molecule has 0 radical (unpaired) electrons. The number of hydrogen-bond acceptors (Lipinski definition) is 11. The van der Waals surface area contributed by atoms with Crippen LogP contribution in [-0.2, 0) is 9.53 Å². The first kappa shape index (κ1) is 29.3. The molecule has 3 N–H and O–H groups in total. The fourth-order valence-electron chi connectivity index (χ4n) is 3.68. The number of nitrogens with zero attached hydrogens (tertiary/aromatic N) is 4. The molecular formula is C28H31FN6O6. The molecular weight excluding hydrogens is 535 g/mol. The van der Waals surface area contributed by atoms with E-state index < -0.39 is 29.8 Å². The molecule has 1 amide bonds. The van der Waals surface area contributed by atoms with Gasteiger partial charge in [-0.25, -0.2) is 4.39 Å². The van der Waals surface area contributed by atoms with Crippen LogP contribution >= 0.6 is 0 Å². The Hall–Kier alpha value is -4.65. The molecule has 41 heavy (non-hydrogen) atoms. The number of amides is 1. The summed E-state index contributed by atoms with van der Waals surface area (Å²) >= 11 is 0. The van der Waals surface area contributed by atoms with Gasteiger partial charge in [-0.1, -0.05) is 37.2 Å². The number of aromatic nitrogens is 4. The van der Waals surface area contributed by atoms with E-state index in [0.717, 1.165) is 11.6 Å². The molecule has 0 saturated heterocycles. The Balaban J connectivity index is 1.40. The van der Waals surface area contributed by atoms with Crippen LogP contribution in [0.2, 0.25) is 0 Å². The highest BCUT2D eigenvalue weighted by Gasteiger charge is 2.22. The second-order valence-electron chi connectivity index (χ2n) is 9.56. The zero-order valence-electron chi connectivity index (χ0n) is 23.1. The third-order valence-electron chi connectivity index (χ3n) is 5.92. The lowest BCUT2D eigenvalue weighted by molar-refractivity contribution is -0.142. The van der Waals surface area contributed by atoms with Gasteiger partial charge in [0.05, 0.1) is 18.2 Å². The van der Waals surface area contributed by atoms with Crippen LogP contribution in [0.3, 0.4) is 0 Å².